The zero-order valence-corrected chi connectivity index (χ0v) is 26.5. The van der Waals surface area contributed by atoms with Gasteiger partial charge in [0.15, 0.2) is 0 Å². The summed E-state index contributed by atoms with van der Waals surface area (Å²) in [6, 6.07) is 58.6. The number of hydrogen-bond donors (Lipinski definition) is 1. The summed E-state index contributed by atoms with van der Waals surface area (Å²) in [5.74, 6) is 2.60. The lowest BCUT2D eigenvalue weighted by atomic mass is 9.66. The van der Waals surface area contributed by atoms with E-state index in [9.17, 15) is 0 Å². The van der Waals surface area contributed by atoms with Gasteiger partial charge < -0.3 is 10.1 Å². The molecule has 1 atom stereocenters. The molecule has 4 heteroatoms. The summed E-state index contributed by atoms with van der Waals surface area (Å²) in [5.41, 5.74) is 12.5. The summed E-state index contributed by atoms with van der Waals surface area (Å²) >= 11 is 0. The zero-order valence-electron chi connectivity index (χ0n) is 26.5. The number of hydrogen-bond acceptors (Lipinski definition) is 3. The van der Waals surface area contributed by atoms with Gasteiger partial charge in [-0.05, 0) is 64.2 Å². The van der Waals surface area contributed by atoms with Crippen molar-refractivity contribution in [2.45, 2.75) is 11.5 Å². The average molecular weight is 628 g/mol. The van der Waals surface area contributed by atoms with Gasteiger partial charge >= 0.3 is 0 Å². The molecule has 3 aliphatic rings. The van der Waals surface area contributed by atoms with Crippen LogP contribution in [-0.4, -0.2) is 10.5 Å². The van der Waals surface area contributed by atoms with Crippen LogP contribution in [0.2, 0.25) is 0 Å². The van der Waals surface area contributed by atoms with E-state index >= 15 is 0 Å². The number of aromatic nitrogens is 1. The van der Waals surface area contributed by atoms with E-state index in [4.69, 9.17) is 9.73 Å². The van der Waals surface area contributed by atoms with E-state index in [0.29, 0.717) is 0 Å². The molecule has 8 aromatic rings. The van der Waals surface area contributed by atoms with E-state index in [1.54, 1.807) is 0 Å². The van der Waals surface area contributed by atoms with Gasteiger partial charge in [-0.25, -0.2) is 4.99 Å². The van der Waals surface area contributed by atoms with Crippen LogP contribution in [0.4, 0.5) is 5.69 Å². The van der Waals surface area contributed by atoms with Gasteiger partial charge in [0.1, 0.15) is 17.5 Å². The van der Waals surface area contributed by atoms with Crippen molar-refractivity contribution in [1.82, 2.24) is 4.57 Å². The van der Waals surface area contributed by atoms with E-state index in [2.05, 4.69) is 174 Å². The number of para-hydroxylation sites is 4. The van der Waals surface area contributed by atoms with Crippen molar-refractivity contribution >= 4 is 33.5 Å². The Kier molecular flexibility index (Phi) is 5.34. The molecule has 1 spiro atoms. The standard InChI is InChI=1S/C45H29N3O/c1-2-14-28(15-3-1)43-31-18-5-10-22-38(31)46-44(47-43)48-39-23-11-6-17-30(39)33-26-32-29-16-4-7-19-34(29)45(37(32)27-40(33)48)35-20-8-12-24-41(35)49-42-25-13-9-21-36(42)45/h1-27,43H,(H,46,47). The Morgan fingerprint density at radius 2 is 1.18 bits per heavy atom. The lowest BCUT2D eigenvalue weighted by Gasteiger charge is -2.39. The molecule has 0 amide bonds. The van der Waals surface area contributed by atoms with Gasteiger partial charge in [0.05, 0.1) is 16.4 Å². The molecule has 49 heavy (non-hydrogen) atoms. The predicted octanol–water partition coefficient (Wildman–Crippen LogP) is 10.7. The first kappa shape index (κ1) is 26.7. The highest BCUT2D eigenvalue weighted by Crippen LogP contribution is 2.62. The van der Waals surface area contributed by atoms with E-state index in [-0.39, 0.29) is 6.04 Å². The summed E-state index contributed by atoms with van der Waals surface area (Å²) < 4.78 is 8.94. The summed E-state index contributed by atoms with van der Waals surface area (Å²) in [5, 5.41) is 6.17. The van der Waals surface area contributed by atoms with Crippen molar-refractivity contribution in [2.24, 2.45) is 4.99 Å². The van der Waals surface area contributed by atoms with Gasteiger partial charge in [-0.15, -0.1) is 0 Å². The molecular formula is C45H29N3O. The highest BCUT2D eigenvalue weighted by molar-refractivity contribution is 6.18. The molecule has 0 saturated heterocycles. The number of nitrogens with one attached hydrogen (secondary N) is 1. The number of rotatable bonds is 1. The largest absolute Gasteiger partial charge is 0.457 e. The molecule has 1 aliphatic carbocycles. The highest BCUT2D eigenvalue weighted by Gasteiger charge is 2.51. The van der Waals surface area contributed by atoms with Gasteiger partial charge in [0.25, 0.3) is 0 Å². The smallest absolute Gasteiger partial charge is 0.208 e. The van der Waals surface area contributed by atoms with Gasteiger partial charge in [-0.3, -0.25) is 4.57 Å². The predicted molar refractivity (Wildman–Crippen MR) is 198 cm³/mol. The number of nitrogens with zero attached hydrogens (tertiary/aromatic N) is 2. The second-order valence-corrected chi connectivity index (χ2v) is 13.1. The summed E-state index contributed by atoms with van der Waals surface area (Å²) in [6.07, 6.45) is 0. The number of fused-ring (bicyclic) bond motifs is 13. The molecule has 11 rings (SSSR count). The molecule has 0 fully saturated rings. The normalized spacial score (nSPS) is 16.2. The maximum Gasteiger partial charge on any atom is 0.208 e. The highest BCUT2D eigenvalue weighted by atomic mass is 16.5. The second kappa shape index (κ2) is 9.82. The van der Waals surface area contributed by atoms with Crippen LogP contribution in [0.15, 0.2) is 169 Å². The third kappa shape index (κ3) is 3.50. The molecular weight excluding hydrogens is 599 g/mol. The Labute approximate surface area is 283 Å². The van der Waals surface area contributed by atoms with Crippen LogP contribution in [0.25, 0.3) is 32.9 Å². The first-order valence-corrected chi connectivity index (χ1v) is 16.8. The Morgan fingerprint density at radius 3 is 2.00 bits per heavy atom. The van der Waals surface area contributed by atoms with Gasteiger partial charge in [0.2, 0.25) is 5.96 Å². The molecule has 0 bridgehead atoms. The molecule has 0 saturated carbocycles. The van der Waals surface area contributed by atoms with Crippen LogP contribution in [0.5, 0.6) is 11.5 Å². The van der Waals surface area contributed by atoms with E-state index in [1.165, 1.54) is 44.2 Å². The molecule has 1 unspecified atom stereocenters. The molecule has 230 valence electrons. The van der Waals surface area contributed by atoms with E-state index in [1.807, 2.05) is 0 Å². The Bertz CT molecular complexity index is 2640. The minimum Gasteiger partial charge on any atom is -0.457 e. The number of anilines is 1. The van der Waals surface area contributed by atoms with Crippen LogP contribution in [0, 0.1) is 0 Å². The SMILES string of the molecule is c1ccc(C2N=C(n3c4ccccc4c4cc5c(cc43)C3(c4ccccc4Oc4ccccc43)c3ccccc3-5)Nc3ccccc32)cc1. The quantitative estimate of drug-likeness (QED) is 0.197. The molecule has 1 aromatic heterocycles. The maximum absolute atomic E-state index is 6.60. The number of benzene rings is 7. The van der Waals surface area contributed by atoms with Gasteiger partial charge in [0, 0.05) is 33.2 Å². The lowest BCUT2D eigenvalue weighted by Crippen LogP contribution is -2.32. The van der Waals surface area contributed by atoms with Crippen LogP contribution in [0.1, 0.15) is 39.4 Å². The first-order valence-electron chi connectivity index (χ1n) is 16.8. The minimum atomic E-state index is -0.548. The van der Waals surface area contributed by atoms with Crippen LogP contribution in [0.3, 0.4) is 0 Å². The minimum absolute atomic E-state index is 0.135. The Morgan fingerprint density at radius 1 is 0.531 bits per heavy atom. The molecule has 4 nitrogen and oxygen atoms in total. The van der Waals surface area contributed by atoms with Crippen LogP contribution in [-0.2, 0) is 5.41 Å². The van der Waals surface area contributed by atoms with Gasteiger partial charge in [-0.2, -0.15) is 0 Å². The lowest BCUT2D eigenvalue weighted by molar-refractivity contribution is 0.436. The topological polar surface area (TPSA) is 38.5 Å². The molecule has 3 heterocycles. The Hall–Kier alpha value is -6.39. The van der Waals surface area contributed by atoms with E-state index in [0.717, 1.165) is 45.3 Å². The van der Waals surface area contributed by atoms with Crippen molar-refractivity contribution in [2.75, 3.05) is 5.32 Å². The fourth-order valence-corrected chi connectivity index (χ4v) is 8.74. The summed E-state index contributed by atoms with van der Waals surface area (Å²) in [6.45, 7) is 0. The summed E-state index contributed by atoms with van der Waals surface area (Å²) in [4.78, 5) is 5.49. The first-order chi connectivity index (χ1) is 24.3. The van der Waals surface area contributed by atoms with Crippen LogP contribution >= 0.6 is 0 Å². The van der Waals surface area contributed by atoms with Crippen molar-refractivity contribution < 1.29 is 4.74 Å². The molecule has 7 aromatic carbocycles. The van der Waals surface area contributed by atoms with Crippen molar-refractivity contribution in [3.05, 3.63) is 197 Å². The second-order valence-electron chi connectivity index (χ2n) is 13.1. The monoisotopic (exact) mass is 627 g/mol. The third-order valence-corrected chi connectivity index (χ3v) is 10.7. The Balaban J connectivity index is 1.25. The summed E-state index contributed by atoms with van der Waals surface area (Å²) in [7, 11) is 0. The zero-order chi connectivity index (χ0) is 32.1. The average Bonchev–Trinajstić information content (AvgIpc) is 3.64. The van der Waals surface area contributed by atoms with Crippen LogP contribution < -0.4 is 10.1 Å². The van der Waals surface area contributed by atoms with Crippen molar-refractivity contribution in [3.8, 4) is 22.6 Å². The molecule has 0 radical (unpaired) electrons. The van der Waals surface area contributed by atoms with E-state index < -0.39 is 5.41 Å². The molecule has 2 aliphatic heterocycles. The van der Waals surface area contributed by atoms with Crippen molar-refractivity contribution in [1.29, 1.82) is 0 Å². The maximum atomic E-state index is 6.60. The third-order valence-electron chi connectivity index (χ3n) is 10.7. The fraction of sp³-hybridized carbons (Fsp3) is 0.0444. The molecule has 1 N–H and O–H groups in total. The van der Waals surface area contributed by atoms with Crippen molar-refractivity contribution in [3.63, 3.8) is 0 Å². The van der Waals surface area contributed by atoms with Gasteiger partial charge in [-0.1, -0.05) is 127 Å². The fourth-order valence-electron chi connectivity index (χ4n) is 8.74. The number of ether oxygens (including phenoxy) is 1. The number of aliphatic imine (C=N–C) groups is 1.